The number of benzene rings is 2. The summed E-state index contributed by atoms with van der Waals surface area (Å²) >= 11 is 0. The van der Waals surface area contributed by atoms with E-state index in [1.807, 2.05) is 6.07 Å². The van der Waals surface area contributed by atoms with Crippen molar-refractivity contribution in [2.75, 3.05) is 0 Å². The summed E-state index contributed by atoms with van der Waals surface area (Å²) in [5.74, 6) is -0.496. The average molecular weight is 472 g/mol. The number of hydrogen-bond donors (Lipinski definition) is 2. The summed E-state index contributed by atoms with van der Waals surface area (Å²) in [6.07, 6.45) is 0. The zero-order valence-electron chi connectivity index (χ0n) is 18.9. The maximum Gasteiger partial charge on any atom is 0.324 e. The van der Waals surface area contributed by atoms with Gasteiger partial charge in [0.25, 0.3) is 0 Å². The summed E-state index contributed by atoms with van der Waals surface area (Å²) < 4.78 is 40.0. The molecular weight excluding hydrogens is 446 g/mol. The summed E-state index contributed by atoms with van der Waals surface area (Å²) in [7, 11) is -4.02. The van der Waals surface area contributed by atoms with Crippen LogP contribution >= 0.6 is 0 Å². The molecule has 4 rings (SSSR count). The molecule has 0 unspecified atom stereocenters. The number of aromatic nitrogens is 4. The average Bonchev–Trinajstić information content (AvgIpc) is 3.37. The van der Waals surface area contributed by atoms with Gasteiger partial charge in [0.05, 0.1) is 4.90 Å². The number of aromatic amines is 1. The maximum atomic E-state index is 13.1. The van der Waals surface area contributed by atoms with E-state index in [1.165, 1.54) is 12.1 Å². The molecule has 0 saturated heterocycles. The molecule has 1 atom stereocenters. The van der Waals surface area contributed by atoms with E-state index >= 15 is 0 Å². The lowest BCUT2D eigenvalue weighted by Gasteiger charge is -2.26. The monoisotopic (exact) mass is 471 g/mol. The number of esters is 1. The number of nitrogens with one attached hydrogen (secondary N) is 2. The highest BCUT2D eigenvalue weighted by atomic mass is 32.2. The second-order valence-electron chi connectivity index (χ2n) is 9.08. The highest BCUT2D eigenvalue weighted by Gasteiger charge is 2.32. The van der Waals surface area contributed by atoms with Gasteiger partial charge in [-0.15, -0.1) is 10.2 Å². The Balaban J connectivity index is 1.68. The molecule has 0 aliphatic rings. The van der Waals surface area contributed by atoms with Crippen molar-refractivity contribution in [2.45, 2.75) is 51.2 Å². The molecule has 2 aromatic heterocycles. The molecule has 0 radical (unpaired) electrons. The molecule has 0 amide bonds. The van der Waals surface area contributed by atoms with E-state index in [0.29, 0.717) is 17.0 Å². The molecule has 2 N–H and O–H groups in total. The number of tetrazole rings is 1. The fourth-order valence-corrected chi connectivity index (χ4v) is 4.75. The maximum absolute atomic E-state index is 13.1. The Kier molecular flexibility index (Phi) is 5.71. The molecule has 4 aromatic rings. The van der Waals surface area contributed by atoms with E-state index in [9.17, 15) is 13.2 Å². The van der Waals surface area contributed by atoms with Crippen LogP contribution in [0.4, 0.5) is 0 Å². The molecule has 2 aromatic carbocycles. The van der Waals surface area contributed by atoms with Crippen LogP contribution in [0.3, 0.4) is 0 Å². The Hall–Kier alpha value is -3.31. The third kappa shape index (κ3) is 4.74. The van der Waals surface area contributed by atoms with Crippen LogP contribution in [0.15, 0.2) is 45.7 Å². The first-order valence-corrected chi connectivity index (χ1v) is 11.9. The Bertz CT molecular complexity index is 1420. The van der Waals surface area contributed by atoms with Crippen LogP contribution in [-0.2, 0) is 19.6 Å². The number of sulfonamides is 1. The standard InChI is InChI=1S/C22H25N5O5S/c1-12(2)19(21(28)32-22(3,4)5)25-33(29,30)14-7-8-15-16-10-13(20-23-26-27-24-20)6-9-17(16)31-18(15)11-14/h6-12,19,25H,1-5H3,(H,23,24,26,27)/t19-/m0/s1. The van der Waals surface area contributed by atoms with E-state index in [-0.39, 0.29) is 10.8 Å². The number of ether oxygens (including phenoxy) is 1. The SMILES string of the molecule is CC(C)[C@H](NS(=O)(=O)c1ccc2c(c1)oc1ccc(-c3nn[nH]n3)cc12)C(=O)OC(C)(C)C. The topological polar surface area (TPSA) is 140 Å². The number of furan rings is 1. The lowest BCUT2D eigenvalue weighted by Crippen LogP contribution is -2.47. The third-order valence-corrected chi connectivity index (χ3v) is 6.40. The number of nitrogens with zero attached hydrogens (tertiary/aromatic N) is 3. The van der Waals surface area contributed by atoms with Crippen molar-refractivity contribution in [3.63, 3.8) is 0 Å². The molecule has 10 nitrogen and oxygen atoms in total. The largest absolute Gasteiger partial charge is 0.459 e. The van der Waals surface area contributed by atoms with Crippen LogP contribution < -0.4 is 4.72 Å². The van der Waals surface area contributed by atoms with Crippen molar-refractivity contribution in [1.82, 2.24) is 25.3 Å². The van der Waals surface area contributed by atoms with Gasteiger partial charge in [-0.2, -0.15) is 9.94 Å². The highest BCUT2D eigenvalue weighted by molar-refractivity contribution is 7.89. The molecule has 2 heterocycles. The zero-order valence-corrected chi connectivity index (χ0v) is 19.7. The van der Waals surface area contributed by atoms with Gasteiger partial charge in [0.15, 0.2) is 0 Å². The van der Waals surface area contributed by atoms with E-state index in [2.05, 4.69) is 25.3 Å². The highest BCUT2D eigenvalue weighted by Crippen LogP contribution is 2.32. The lowest BCUT2D eigenvalue weighted by molar-refractivity contribution is -0.158. The second kappa shape index (κ2) is 8.23. The van der Waals surface area contributed by atoms with Crippen LogP contribution in [0.1, 0.15) is 34.6 Å². The minimum atomic E-state index is -4.02. The molecular formula is C22H25N5O5S. The number of H-pyrrole nitrogens is 1. The number of hydrogen-bond acceptors (Lipinski definition) is 8. The Morgan fingerprint density at radius 2 is 1.85 bits per heavy atom. The Labute approximate surface area is 190 Å². The normalized spacial score (nSPS) is 13.6. The summed E-state index contributed by atoms with van der Waals surface area (Å²) in [5.41, 5.74) is 1.00. The van der Waals surface area contributed by atoms with E-state index in [0.717, 1.165) is 16.3 Å². The molecule has 0 aliphatic carbocycles. The molecule has 0 fully saturated rings. The van der Waals surface area contributed by atoms with Gasteiger partial charge in [-0.25, -0.2) is 8.42 Å². The molecule has 174 valence electrons. The van der Waals surface area contributed by atoms with E-state index in [1.54, 1.807) is 52.8 Å². The molecule has 33 heavy (non-hydrogen) atoms. The first-order valence-electron chi connectivity index (χ1n) is 10.4. The summed E-state index contributed by atoms with van der Waals surface area (Å²) in [6.45, 7) is 8.70. The van der Waals surface area contributed by atoms with Crippen molar-refractivity contribution in [2.24, 2.45) is 5.92 Å². The van der Waals surface area contributed by atoms with Gasteiger partial charge < -0.3 is 9.15 Å². The van der Waals surface area contributed by atoms with Crippen LogP contribution in [0.5, 0.6) is 0 Å². The lowest BCUT2D eigenvalue weighted by atomic mass is 10.1. The van der Waals surface area contributed by atoms with Gasteiger partial charge in [-0.05, 0) is 62.2 Å². The van der Waals surface area contributed by atoms with Gasteiger partial charge >= 0.3 is 5.97 Å². The van der Waals surface area contributed by atoms with Crippen LogP contribution in [0.25, 0.3) is 33.3 Å². The Morgan fingerprint density at radius 3 is 2.48 bits per heavy atom. The number of rotatable bonds is 6. The predicted molar refractivity (Wildman–Crippen MR) is 122 cm³/mol. The van der Waals surface area contributed by atoms with E-state index < -0.39 is 27.6 Å². The van der Waals surface area contributed by atoms with Crippen molar-refractivity contribution in [1.29, 1.82) is 0 Å². The third-order valence-electron chi connectivity index (χ3n) is 4.97. The Morgan fingerprint density at radius 1 is 1.09 bits per heavy atom. The molecule has 0 bridgehead atoms. The van der Waals surface area contributed by atoms with Crippen LogP contribution in [-0.4, -0.2) is 46.7 Å². The zero-order chi connectivity index (χ0) is 24.0. The minimum absolute atomic E-state index is 0.0124. The van der Waals surface area contributed by atoms with Gasteiger partial charge in [0.1, 0.15) is 22.8 Å². The molecule has 0 spiro atoms. The summed E-state index contributed by atoms with van der Waals surface area (Å²) in [4.78, 5) is 12.6. The number of carbonyl (C=O) groups is 1. The quantitative estimate of drug-likeness (QED) is 0.408. The van der Waals surface area contributed by atoms with E-state index in [4.69, 9.17) is 9.15 Å². The molecule has 0 saturated carbocycles. The first kappa shape index (κ1) is 22.9. The molecule has 0 aliphatic heterocycles. The van der Waals surface area contributed by atoms with Gasteiger partial charge in [-0.1, -0.05) is 13.8 Å². The van der Waals surface area contributed by atoms with Crippen molar-refractivity contribution in [3.05, 3.63) is 36.4 Å². The number of fused-ring (bicyclic) bond motifs is 3. The van der Waals surface area contributed by atoms with Crippen LogP contribution in [0.2, 0.25) is 0 Å². The predicted octanol–water partition coefficient (Wildman–Crippen LogP) is 3.41. The van der Waals surface area contributed by atoms with Gasteiger partial charge in [-0.3, -0.25) is 4.79 Å². The minimum Gasteiger partial charge on any atom is -0.459 e. The first-order chi connectivity index (χ1) is 15.4. The van der Waals surface area contributed by atoms with Gasteiger partial charge in [0.2, 0.25) is 15.8 Å². The molecule has 11 heteroatoms. The van der Waals surface area contributed by atoms with Crippen molar-refractivity contribution in [3.8, 4) is 11.4 Å². The number of carbonyl (C=O) groups excluding carboxylic acids is 1. The fourth-order valence-electron chi connectivity index (χ4n) is 3.40. The second-order valence-corrected chi connectivity index (χ2v) is 10.8. The van der Waals surface area contributed by atoms with Crippen LogP contribution in [0, 0.1) is 5.92 Å². The van der Waals surface area contributed by atoms with Crippen molar-refractivity contribution >= 4 is 37.9 Å². The van der Waals surface area contributed by atoms with Crippen molar-refractivity contribution < 1.29 is 22.4 Å². The van der Waals surface area contributed by atoms with Gasteiger partial charge in [0, 0.05) is 22.4 Å². The summed E-state index contributed by atoms with van der Waals surface area (Å²) in [6, 6.07) is 8.99. The fraction of sp³-hybridized carbons (Fsp3) is 0.364. The summed E-state index contributed by atoms with van der Waals surface area (Å²) in [5, 5.41) is 15.5. The smallest absolute Gasteiger partial charge is 0.324 e.